The zero-order chi connectivity index (χ0) is 45.2. The van der Waals surface area contributed by atoms with Crippen LogP contribution in [0.1, 0.15) is 128 Å². The lowest BCUT2D eigenvalue weighted by Gasteiger charge is -2.28. The lowest BCUT2D eigenvalue weighted by Crippen LogP contribution is -2.23. The predicted molar refractivity (Wildman–Crippen MR) is 271 cm³/mol. The number of anilines is 2. The van der Waals surface area contributed by atoms with Gasteiger partial charge in [-0.05, 0) is 171 Å². The highest BCUT2D eigenvalue weighted by Crippen LogP contribution is 2.54. The van der Waals surface area contributed by atoms with Gasteiger partial charge in [0.15, 0.2) is 5.60 Å². The lowest BCUT2D eigenvalue weighted by molar-refractivity contribution is 0.0300. The highest BCUT2D eigenvalue weighted by atomic mass is 35.5. The van der Waals surface area contributed by atoms with E-state index < -0.39 is 11.6 Å². The SMILES string of the molecule is O=C1OC(C=C(c2ccc(OC3CCCCC3)cc2)c2ccc(N3CCCC3)cc2)(C=C(c2ccc(OC3CCCCC3)cc2)c2ccc(N3CCCC3)cc2)c2c(Cl)c(Cl)c(Cl)c(Cl)c21. The van der Waals surface area contributed by atoms with Crippen LogP contribution in [0.4, 0.5) is 11.4 Å². The minimum Gasteiger partial charge on any atom is -0.490 e. The molecule has 0 atom stereocenters. The zero-order valence-electron chi connectivity index (χ0n) is 37.3. The molecule has 5 aromatic carbocycles. The fourth-order valence-electron chi connectivity index (χ4n) is 10.6. The lowest BCUT2D eigenvalue weighted by atomic mass is 9.83. The van der Waals surface area contributed by atoms with Crippen LogP contribution in [0.15, 0.2) is 109 Å². The van der Waals surface area contributed by atoms with Gasteiger partial charge in [0.1, 0.15) is 11.5 Å². The van der Waals surface area contributed by atoms with E-state index in [2.05, 4.69) is 82.6 Å². The summed E-state index contributed by atoms with van der Waals surface area (Å²) in [4.78, 5) is 19.3. The van der Waals surface area contributed by atoms with Gasteiger partial charge in [-0.1, -0.05) is 108 Å². The van der Waals surface area contributed by atoms with Crippen molar-refractivity contribution in [2.45, 2.75) is 108 Å². The van der Waals surface area contributed by atoms with Crippen LogP contribution >= 0.6 is 46.4 Å². The van der Waals surface area contributed by atoms with Gasteiger partial charge in [-0.15, -0.1) is 0 Å². The molecule has 3 aliphatic heterocycles. The van der Waals surface area contributed by atoms with E-state index in [-0.39, 0.29) is 37.9 Å². The molecule has 0 N–H and O–H groups in total. The maximum atomic E-state index is 14.5. The Bertz CT molecular complexity index is 2450. The normalized spacial score (nSPS) is 20.8. The molecule has 0 radical (unpaired) electrons. The molecule has 0 spiro atoms. The highest BCUT2D eigenvalue weighted by molar-refractivity contribution is 6.53. The number of nitrogens with zero attached hydrogens (tertiary/aromatic N) is 2. The Hall–Kier alpha value is -4.59. The number of benzene rings is 5. The molecule has 10 heteroatoms. The van der Waals surface area contributed by atoms with Crippen molar-refractivity contribution in [1.29, 1.82) is 0 Å². The molecule has 6 nitrogen and oxygen atoms in total. The first kappa shape index (κ1) is 45.2. The molecule has 10 rings (SSSR count). The summed E-state index contributed by atoms with van der Waals surface area (Å²) in [6.07, 6.45) is 20.6. The number of carbonyl (C=O) groups excluding carboxylic acids is 1. The average molecular weight is 963 g/mol. The molecule has 2 saturated carbocycles. The van der Waals surface area contributed by atoms with Crippen molar-refractivity contribution in [3.63, 3.8) is 0 Å². The van der Waals surface area contributed by atoms with Crippen LogP contribution in [0, 0.1) is 0 Å². The van der Waals surface area contributed by atoms with E-state index in [1.165, 1.54) is 75.6 Å². The largest absolute Gasteiger partial charge is 0.490 e. The third-order valence-electron chi connectivity index (χ3n) is 14.2. The van der Waals surface area contributed by atoms with Crippen molar-refractivity contribution in [1.82, 2.24) is 0 Å². The number of ether oxygens (including phenoxy) is 3. The van der Waals surface area contributed by atoms with Gasteiger partial charge in [-0.3, -0.25) is 0 Å². The first-order chi connectivity index (χ1) is 32.2. The minimum absolute atomic E-state index is 0.000326. The molecule has 0 aromatic heterocycles. The number of carbonyl (C=O) groups is 1. The topological polar surface area (TPSA) is 51.2 Å². The highest BCUT2D eigenvalue weighted by Gasteiger charge is 2.48. The summed E-state index contributed by atoms with van der Waals surface area (Å²) in [5, 5.41) is 0.143. The van der Waals surface area contributed by atoms with E-state index >= 15 is 0 Å². The van der Waals surface area contributed by atoms with Crippen molar-refractivity contribution in [2.75, 3.05) is 36.0 Å². The van der Waals surface area contributed by atoms with Gasteiger partial charge in [0.05, 0.1) is 37.9 Å². The molecule has 0 unspecified atom stereocenters. The number of hydrogen-bond donors (Lipinski definition) is 0. The quantitative estimate of drug-likeness (QED) is 0.0705. The second-order valence-corrected chi connectivity index (χ2v) is 20.1. The third-order valence-corrected chi connectivity index (χ3v) is 16.0. The van der Waals surface area contributed by atoms with Gasteiger partial charge in [0.2, 0.25) is 0 Å². The van der Waals surface area contributed by atoms with Gasteiger partial charge in [-0.25, -0.2) is 4.79 Å². The van der Waals surface area contributed by atoms with Crippen molar-refractivity contribution in [3.8, 4) is 11.5 Å². The number of fused-ring (bicyclic) bond motifs is 1. The third kappa shape index (κ3) is 9.46. The first-order valence-electron chi connectivity index (χ1n) is 24.0. The van der Waals surface area contributed by atoms with Gasteiger partial charge < -0.3 is 24.0 Å². The number of hydrogen-bond acceptors (Lipinski definition) is 6. The smallest absolute Gasteiger partial charge is 0.341 e. The van der Waals surface area contributed by atoms with Gasteiger partial charge >= 0.3 is 5.97 Å². The van der Waals surface area contributed by atoms with Crippen LogP contribution < -0.4 is 19.3 Å². The summed E-state index contributed by atoms with van der Waals surface area (Å²) in [5.74, 6) is 1.00. The van der Waals surface area contributed by atoms with Gasteiger partial charge in [0.25, 0.3) is 0 Å². The van der Waals surface area contributed by atoms with Crippen molar-refractivity contribution < 1.29 is 19.0 Å². The Morgan fingerprint density at radius 1 is 0.485 bits per heavy atom. The van der Waals surface area contributed by atoms with Gasteiger partial charge in [0, 0.05) is 43.1 Å². The molecule has 2 saturated heterocycles. The zero-order valence-corrected chi connectivity index (χ0v) is 40.3. The fourth-order valence-corrected chi connectivity index (χ4v) is 11.7. The van der Waals surface area contributed by atoms with E-state index in [9.17, 15) is 4.79 Å². The van der Waals surface area contributed by atoms with E-state index in [1.807, 2.05) is 36.4 Å². The van der Waals surface area contributed by atoms with Crippen LogP contribution in [0.5, 0.6) is 11.5 Å². The molecule has 2 aliphatic carbocycles. The first-order valence-corrected chi connectivity index (χ1v) is 25.5. The van der Waals surface area contributed by atoms with Crippen molar-refractivity contribution in [3.05, 3.63) is 163 Å². The molecule has 5 aliphatic rings. The second kappa shape index (κ2) is 19.9. The van der Waals surface area contributed by atoms with Crippen LogP contribution in [-0.2, 0) is 10.3 Å². The molecular formula is C56H56Cl4N2O4. The van der Waals surface area contributed by atoms with E-state index in [1.54, 1.807) is 0 Å². The second-order valence-electron chi connectivity index (χ2n) is 18.6. The Balaban J connectivity index is 1.17. The summed E-state index contributed by atoms with van der Waals surface area (Å²) in [5.41, 5.74) is 6.45. The van der Waals surface area contributed by atoms with E-state index in [0.717, 1.165) is 96.8 Å². The number of cyclic esters (lactones) is 1. The minimum atomic E-state index is -1.62. The Labute approximate surface area is 409 Å². The molecule has 5 aromatic rings. The number of rotatable bonds is 12. The molecule has 0 bridgehead atoms. The fraction of sp³-hybridized carbons (Fsp3) is 0.375. The van der Waals surface area contributed by atoms with Crippen LogP contribution in [0.3, 0.4) is 0 Å². The summed E-state index contributed by atoms with van der Waals surface area (Å²) in [6.45, 7) is 4.12. The summed E-state index contributed by atoms with van der Waals surface area (Å²) in [6, 6.07) is 33.8. The average Bonchev–Trinajstić information content (AvgIpc) is 4.16. The number of esters is 1. The van der Waals surface area contributed by atoms with Crippen LogP contribution in [-0.4, -0.2) is 44.4 Å². The van der Waals surface area contributed by atoms with Gasteiger partial charge in [-0.2, -0.15) is 0 Å². The summed E-state index contributed by atoms with van der Waals surface area (Å²) in [7, 11) is 0. The Morgan fingerprint density at radius 3 is 1.24 bits per heavy atom. The molecular weight excluding hydrogens is 906 g/mol. The Kier molecular flexibility index (Phi) is 13.7. The number of halogens is 4. The van der Waals surface area contributed by atoms with Crippen molar-refractivity contribution in [2.24, 2.45) is 0 Å². The molecule has 3 heterocycles. The molecule has 0 amide bonds. The van der Waals surface area contributed by atoms with E-state index in [4.69, 9.17) is 60.6 Å². The summed E-state index contributed by atoms with van der Waals surface area (Å²) >= 11 is 27.9. The van der Waals surface area contributed by atoms with Crippen molar-refractivity contribution >= 4 is 74.9 Å². The molecule has 4 fully saturated rings. The molecule has 342 valence electrons. The summed E-state index contributed by atoms with van der Waals surface area (Å²) < 4.78 is 19.8. The Morgan fingerprint density at radius 2 is 0.848 bits per heavy atom. The van der Waals surface area contributed by atoms with Crippen LogP contribution in [0.2, 0.25) is 20.1 Å². The maximum Gasteiger partial charge on any atom is 0.341 e. The van der Waals surface area contributed by atoms with E-state index in [0.29, 0.717) is 5.56 Å². The standard InChI is InChI=1S/C56H56Cl4N2O4/c57-51-49-50(52(58)54(60)53(51)59)56(66-55(49)63,35-47(37-15-23-41(24-16-37)61-31-7-8-32-61)39-19-27-45(28-20-39)64-43-11-3-1-4-12-43)36-48(38-17-25-42(26-18-38)62-33-9-10-34-62)40-21-29-46(30-22-40)65-44-13-5-2-6-14-44/h15-30,35-36,43-44H,1-14,31-34H2. The molecule has 66 heavy (non-hydrogen) atoms. The van der Waals surface area contributed by atoms with Crippen LogP contribution in [0.25, 0.3) is 11.1 Å². The maximum absolute atomic E-state index is 14.5. The predicted octanol–water partition coefficient (Wildman–Crippen LogP) is 15.6. The monoisotopic (exact) mass is 960 g/mol.